The lowest BCUT2D eigenvalue weighted by atomic mass is 9.44. The summed E-state index contributed by atoms with van der Waals surface area (Å²) in [5, 5.41) is 10.2. The van der Waals surface area contributed by atoms with Crippen LogP contribution in [0.25, 0.3) is 0 Å². The zero-order valence-corrected chi connectivity index (χ0v) is 18.7. The van der Waals surface area contributed by atoms with Gasteiger partial charge in [-0.25, -0.2) is 0 Å². The molecule has 0 amide bonds. The fourth-order valence-electron chi connectivity index (χ4n) is 8.46. The van der Waals surface area contributed by atoms with Gasteiger partial charge in [0.15, 0.2) is 0 Å². The van der Waals surface area contributed by atoms with Crippen molar-refractivity contribution in [2.45, 2.75) is 91.6 Å². The van der Waals surface area contributed by atoms with Gasteiger partial charge in [-0.1, -0.05) is 49.8 Å². The molecule has 2 unspecified atom stereocenters. The van der Waals surface area contributed by atoms with Crippen LogP contribution >= 0.6 is 0 Å². The first-order valence-electron chi connectivity index (χ1n) is 11.9. The van der Waals surface area contributed by atoms with E-state index in [0.717, 1.165) is 48.0 Å². The smallest absolute Gasteiger partial charge is 0.0543 e. The number of aliphatic hydroxyl groups is 1. The first kappa shape index (κ1) is 20.5. The molecule has 0 spiro atoms. The van der Waals surface area contributed by atoms with Crippen LogP contribution in [0.2, 0.25) is 0 Å². The summed E-state index contributed by atoms with van der Waals surface area (Å²) in [6.45, 7) is 13.6. The van der Waals surface area contributed by atoms with E-state index in [9.17, 15) is 5.11 Å². The lowest BCUT2D eigenvalue weighted by Crippen LogP contribution is -2.53. The first-order chi connectivity index (χ1) is 13.3. The van der Waals surface area contributed by atoms with Crippen molar-refractivity contribution in [1.29, 1.82) is 0 Å². The second-order valence-corrected chi connectivity index (χ2v) is 11.4. The number of hydrogen-bond acceptors (Lipinski definition) is 1. The van der Waals surface area contributed by atoms with E-state index >= 15 is 0 Å². The van der Waals surface area contributed by atoms with Gasteiger partial charge in [0, 0.05) is 0 Å². The molecule has 1 heteroatoms. The Labute approximate surface area is 173 Å². The summed E-state index contributed by atoms with van der Waals surface area (Å²) in [6, 6.07) is 0. The van der Waals surface area contributed by atoms with E-state index in [1.165, 1.54) is 44.9 Å². The van der Waals surface area contributed by atoms with Crippen LogP contribution < -0.4 is 0 Å². The van der Waals surface area contributed by atoms with E-state index in [4.69, 9.17) is 0 Å². The highest BCUT2D eigenvalue weighted by Gasteiger charge is 2.60. The Bertz CT molecular complexity index is 672. The minimum atomic E-state index is -0.0283. The summed E-state index contributed by atoms with van der Waals surface area (Å²) in [6.07, 6.45) is 18.5. The summed E-state index contributed by atoms with van der Waals surface area (Å²) in [7, 11) is 0. The zero-order chi connectivity index (χ0) is 20.1. The van der Waals surface area contributed by atoms with Gasteiger partial charge in [0.2, 0.25) is 0 Å². The van der Waals surface area contributed by atoms with Gasteiger partial charge in [-0.3, -0.25) is 0 Å². The largest absolute Gasteiger partial charge is 0.393 e. The predicted molar refractivity (Wildman–Crippen MR) is 119 cm³/mol. The van der Waals surface area contributed by atoms with Gasteiger partial charge >= 0.3 is 0 Å². The van der Waals surface area contributed by atoms with Crippen molar-refractivity contribution >= 4 is 0 Å². The lowest BCUT2D eigenvalue weighted by Gasteiger charge is -2.61. The van der Waals surface area contributed by atoms with Crippen LogP contribution in [0, 0.1) is 40.4 Å². The molecule has 0 aromatic heterocycles. The van der Waals surface area contributed by atoms with Crippen molar-refractivity contribution in [3.8, 4) is 0 Å². The third-order valence-electron chi connectivity index (χ3n) is 9.93. The Morgan fingerprint density at radius 1 is 0.929 bits per heavy atom. The third-order valence-corrected chi connectivity index (χ3v) is 9.93. The summed E-state index contributed by atoms with van der Waals surface area (Å²) in [4.78, 5) is 0. The normalized spacial score (nSPS) is 48.8. The van der Waals surface area contributed by atoms with Crippen LogP contribution in [0.5, 0.6) is 0 Å². The third kappa shape index (κ3) is 3.26. The van der Waals surface area contributed by atoms with E-state index in [-0.39, 0.29) is 6.10 Å². The molecule has 4 aliphatic rings. The van der Waals surface area contributed by atoms with Gasteiger partial charge in [0.1, 0.15) is 0 Å². The number of allylic oxidation sites excluding steroid dienone is 5. The maximum Gasteiger partial charge on any atom is 0.0543 e. The van der Waals surface area contributed by atoms with Crippen molar-refractivity contribution in [2.75, 3.05) is 0 Å². The number of aliphatic hydroxyl groups excluding tert-OH is 1. The minimum absolute atomic E-state index is 0.0283. The summed E-state index contributed by atoms with van der Waals surface area (Å²) in [5.74, 6) is 4.27. The van der Waals surface area contributed by atoms with E-state index in [0.29, 0.717) is 10.8 Å². The molecule has 0 radical (unpaired) electrons. The van der Waals surface area contributed by atoms with Crippen LogP contribution in [0.1, 0.15) is 85.5 Å². The van der Waals surface area contributed by atoms with Crippen molar-refractivity contribution in [2.24, 2.45) is 40.4 Å². The Morgan fingerprint density at radius 3 is 2.39 bits per heavy atom. The first-order valence-corrected chi connectivity index (χ1v) is 11.9. The van der Waals surface area contributed by atoms with Crippen molar-refractivity contribution < 1.29 is 5.11 Å². The van der Waals surface area contributed by atoms with Gasteiger partial charge in [0.05, 0.1) is 6.10 Å². The van der Waals surface area contributed by atoms with Crippen molar-refractivity contribution in [3.05, 3.63) is 36.0 Å². The molecule has 4 fully saturated rings. The highest BCUT2D eigenvalue weighted by Crippen LogP contribution is 2.68. The van der Waals surface area contributed by atoms with Crippen LogP contribution in [0.15, 0.2) is 36.0 Å². The minimum Gasteiger partial charge on any atom is -0.393 e. The van der Waals surface area contributed by atoms with Crippen molar-refractivity contribution in [3.63, 3.8) is 0 Å². The maximum atomic E-state index is 10.2. The molecule has 1 N–H and O–H groups in total. The fourth-order valence-corrected chi connectivity index (χ4v) is 8.46. The molecule has 0 saturated heterocycles. The molecule has 0 heterocycles. The molecule has 156 valence electrons. The van der Waals surface area contributed by atoms with E-state index < -0.39 is 0 Å². The quantitative estimate of drug-likeness (QED) is 0.517. The standard InChI is InChI=1S/C27H42O/c1-18(2)7-6-8-19(3)23-11-12-24-22-10-9-20-17-21(28)13-15-26(20,4)25(22)14-16-27(23,24)5/h6-8,20-25,28H,1,9-17H2,2-5H3/t20?,21?,22-,23+,24-,25-,26-,27+/m0/s1. The topological polar surface area (TPSA) is 20.2 Å². The van der Waals surface area contributed by atoms with E-state index in [1.54, 1.807) is 5.57 Å². The van der Waals surface area contributed by atoms with Gasteiger partial charge in [-0.2, -0.15) is 0 Å². The molecule has 28 heavy (non-hydrogen) atoms. The van der Waals surface area contributed by atoms with Crippen LogP contribution in [0.4, 0.5) is 0 Å². The highest BCUT2D eigenvalue weighted by molar-refractivity contribution is 5.24. The van der Waals surface area contributed by atoms with Gasteiger partial charge < -0.3 is 5.11 Å². The van der Waals surface area contributed by atoms with Gasteiger partial charge in [-0.05, 0) is 112 Å². The van der Waals surface area contributed by atoms with Gasteiger partial charge in [-0.15, -0.1) is 0 Å². The SMILES string of the molecule is C=C(C)C=CC=C(C)[C@H]1CC[C@H]2[C@@H]3CCC4CC(O)CC[C@]4(C)[C@H]3CC[C@]12C. The Morgan fingerprint density at radius 2 is 1.64 bits per heavy atom. The molecule has 0 aromatic carbocycles. The highest BCUT2D eigenvalue weighted by atomic mass is 16.3. The number of fused-ring (bicyclic) bond motifs is 5. The van der Waals surface area contributed by atoms with E-state index in [2.05, 4.69) is 52.5 Å². The van der Waals surface area contributed by atoms with Crippen LogP contribution in [0.3, 0.4) is 0 Å². The average molecular weight is 383 g/mol. The second kappa shape index (κ2) is 7.46. The molecular weight excluding hydrogens is 340 g/mol. The summed E-state index contributed by atoms with van der Waals surface area (Å²) in [5.41, 5.74) is 3.71. The molecule has 1 nitrogen and oxygen atoms in total. The molecule has 4 rings (SSSR count). The monoisotopic (exact) mass is 382 g/mol. The predicted octanol–water partition coefficient (Wildman–Crippen LogP) is 7.08. The molecule has 4 saturated carbocycles. The zero-order valence-electron chi connectivity index (χ0n) is 18.7. The van der Waals surface area contributed by atoms with Crippen LogP contribution in [-0.4, -0.2) is 11.2 Å². The molecular formula is C27H42O. The van der Waals surface area contributed by atoms with Gasteiger partial charge in [0.25, 0.3) is 0 Å². The lowest BCUT2D eigenvalue weighted by molar-refractivity contribution is -0.124. The molecule has 4 aliphatic carbocycles. The molecule has 0 aromatic rings. The molecule has 8 atom stereocenters. The number of hydrogen-bond donors (Lipinski definition) is 1. The average Bonchev–Trinajstić information content (AvgIpc) is 2.99. The Balaban J connectivity index is 1.54. The van der Waals surface area contributed by atoms with Crippen LogP contribution in [-0.2, 0) is 0 Å². The van der Waals surface area contributed by atoms with Crippen molar-refractivity contribution in [1.82, 2.24) is 0 Å². The maximum absolute atomic E-state index is 10.2. The second-order valence-electron chi connectivity index (χ2n) is 11.4. The summed E-state index contributed by atoms with van der Waals surface area (Å²) < 4.78 is 0. The Hall–Kier alpha value is -0.820. The summed E-state index contributed by atoms with van der Waals surface area (Å²) >= 11 is 0. The number of rotatable bonds is 3. The Kier molecular flexibility index (Phi) is 5.45. The fraction of sp³-hybridized carbons (Fsp3) is 0.778. The molecule has 0 aliphatic heterocycles. The van der Waals surface area contributed by atoms with E-state index in [1.807, 2.05) is 0 Å². The molecule has 0 bridgehead atoms.